The standard InChI is InChI=1S/C14H25N3O3/c1-6-7-12(13(18)19)16-14(20)15-11(8-10(2)3)9-17(4)5/h1,10-12H,7-9H2,2-5H3,(H,18,19)(H2,15,16,20). The van der Waals surface area contributed by atoms with E-state index in [4.69, 9.17) is 11.5 Å². The predicted octanol–water partition coefficient (Wildman–Crippen LogP) is 0.738. The van der Waals surface area contributed by atoms with Crippen molar-refractivity contribution in [1.29, 1.82) is 0 Å². The SMILES string of the molecule is C#CCC(NC(=O)NC(CC(C)C)CN(C)C)C(=O)O. The van der Waals surface area contributed by atoms with Crippen molar-refractivity contribution in [3.63, 3.8) is 0 Å². The van der Waals surface area contributed by atoms with Gasteiger partial charge in [0.2, 0.25) is 0 Å². The Morgan fingerprint density at radius 3 is 2.30 bits per heavy atom. The smallest absolute Gasteiger partial charge is 0.327 e. The van der Waals surface area contributed by atoms with Gasteiger partial charge in [-0.25, -0.2) is 9.59 Å². The molecule has 0 aliphatic rings. The van der Waals surface area contributed by atoms with Crippen LogP contribution >= 0.6 is 0 Å². The average Bonchev–Trinajstić information content (AvgIpc) is 2.25. The first kappa shape index (κ1) is 18.3. The maximum atomic E-state index is 11.8. The van der Waals surface area contributed by atoms with Crippen LogP contribution < -0.4 is 10.6 Å². The summed E-state index contributed by atoms with van der Waals surface area (Å²) in [6.45, 7) is 4.83. The molecule has 2 atom stereocenters. The Balaban J connectivity index is 4.50. The van der Waals surface area contributed by atoms with Gasteiger partial charge < -0.3 is 20.6 Å². The van der Waals surface area contributed by atoms with E-state index in [-0.39, 0.29) is 12.5 Å². The van der Waals surface area contributed by atoms with E-state index in [0.29, 0.717) is 12.5 Å². The summed E-state index contributed by atoms with van der Waals surface area (Å²) in [5.74, 6) is 1.54. The number of carbonyl (C=O) groups is 2. The molecular weight excluding hydrogens is 258 g/mol. The molecule has 0 radical (unpaired) electrons. The molecule has 0 fully saturated rings. The third kappa shape index (κ3) is 8.38. The first-order valence-corrected chi connectivity index (χ1v) is 6.64. The normalized spacial score (nSPS) is 13.7. The van der Waals surface area contributed by atoms with Gasteiger partial charge >= 0.3 is 12.0 Å². The van der Waals surface area contributed by atoms with Crippen molar-refractivity contribution in [2.24, 2.45) is 5.92 Å². The minimum Gasteiger partial charge on any atom is -0.480 e. The maximum absolute atomic E-state index is 11.8. The maximum Gasteiger partial charge on any atom is 0.327 e. The topological polar surface area (TPSA) is 81.7 Å². The summed E-state index contributed by atoms with van der Waals surface area (Å²) in [7, 11) is 3.84. The van der Waals surface area contributed by atoms with Gasteiger partial charge in [0.1, 0.15) is 6.04 Å². The van der Waals surface area contributed by atoms with Gasteiger partial charge in [-0.2, -0.15) is 0 Å². The second-order valence-electron chi connectivity index (χ2n) is 5.51. The molecule has 3 N–H and O–H groups in total. The molecule has 6 nitrogen and oxygen atoms in total. The zero-order chi connectivity index (χ0) is 15.7. The molecule has 6 heteroatoms. The van der Waals surface area contributed by atoms with Gasteiger partial charge in [-0.15, -0.1) is 12.3 Å². The number of aliphatic carboxylic acids is 1. The van der Waals surface area contributed by atoms with Gasteiger partial charge in [-0.05, 0) is 26.4 Å². The summed E-state index contributed by atoms with van der Waals surface area (Å²) < 4.78 is 0. The molecule has 0 rings (SSSR count). The average molecular weight is 283 g/mol. The van der Waals surface area contributed by atoms with Gasteiger partial charge in [-0.1, -0.05) is 13.8 Å². The third-order valence-corrected chi connectivity index (χ3v) is 2.60. The summed E-state index contributed by atoms with van der Waals surface area (Å²) in [6, 6.07) is -1.59. The Hall–Kier alpha value is -1.74. The van der Waals surface area contributed by atoms with Gasteiger partial charge in [0, 0.05) is 19.0 Å². The highest BCUT2D eigenvalue weighted by atomic mass is 16.4. The summed E-state index contributed by atoms with van der Waals surface area (Å²) >= 11 is 0. The quantitative estimate of drug-likeness (QED) is 0.574. The number of carboxylic acids is 1. The fraction of sp³-hybridized carbons (Fsp3) is 0.714. The van der Waals surface area contributed by atoms with E-state index in [1.165, 1.54) is 0 Å². The Morgan fingerprint density at radius 2 is 1.90 bits per heavy atom. The zero-order valence-corrected chi connectivity index (χ0v) is 12.6. The van der Waals surface area contributed by atoms with E-state index in [0.717, 1.165) is 6.42 Å². The number of carboxylic acid groups (broad SMARTS) is 1. The molecule has 114 valence electrons. The molecular formula is C14H25N3O3. The number of rotatable bonds is 8. The molecule has 0 aromatic carbocycles. The lowest BCUT2D eigenvalue weighted by molar-refractivity contribution is -0.139. The monoisotopic (exact) mass is 283 g/mol. The fourth-order valence-corrected chi connectivity index (χ4v) is 1.89. The van der Waals surface area contributed by atoms with Crippen molar-refractivity contribution < 1.29 is 14.7 Å². The van der Waals surface area contributed by atoms with Crippen molar-refractivity contribution in [3.05, 3.63) is 0 Å². The molecule has 0 bridgehead atoms. The second kappa shape index (κ2) is 9.21. The first-order valence-electron chi connectivity index (χ1n) is 6.64. The zero-order valence-electron chi connectivity index (χ0n) is 12.6. The highest BCUT2D eigenvalue weighted by Crippen LogP contribution is 2.05. The fourth-order valence-electron chi connectivity index (χ4n) is 1.89. The highest BCUT2D eigenvalue weighted by molar-refractivity contribution is 5.82. The van der Waals surface area contributed by atoms with Gasteiger partial charge in [0.15, 0.2) is 0 Å². The lowest BCUT2D eigenvalue weighted by atomic mass is 10.0. The number of urea groups is 1. The highest BCUT2D eigenvalue weighted by Gasteiger charge is 2.21. The van der Waals surface area contributed by atoms with Crippen LogP contribution in [0.1, 0.15) is 26.7 Å². The van der Waals surface area contributed by atoms with Crippen LogP contribution in [0.25, 0.3) is 0 Å². The molecule has 0 aromatic heterocycles. The van der Waals surface area contributed by atoms with Crippen molar-refractivity contribution in [2.75, 3.05) is 20.6 Å². The minimum absolute atomic E-state index is 0.0364. The number of likely N-dealkylation sites (N-methyl/N-ethyl adjacent to an activating group) is 1. The summed E-state index contributed by atoms with van der Waals surface area (Å²) in [5.41, 5.74) is 0. The third-order valence-electron chi connectivity index (χ3n) is 2.60. The molecule has 2 unspecified atom stereocenters. The minimum atomic E-state index is -1.13. The van der Waals surface area contributed by atoms with Crippen LogP contribution in [-0.4, -0.2) is 54.7 Å². The van der Waals surface area contributed by atoms with Crippen LogP contribution in [0.5, 0.6) is 0 Å². The second-order valence-corrected chi connectivity index (χ2v) is 5.51. The van der Waals surface area contributed by atoms with Gasteiger partial charge in [0.05, 0.1) is 0 Å². The van der Waals surface area contributed by atoms with Crippen LogP contribution in [0.4, 0.5) is 4.79 Å². The number of nitrogens with zero attached hydrogens (tertiary/aromatic N) is 1. The lowest BCUT2D eigenvalue weighted by Crippen LogP contribution is -2.51. The summed E-state index contributed by atoms with van der Waals surface area (Å²) in [4.78, 5) is 24.7. The van der Waals surface area contributed by atoms with Crippen LogP contribution in [0.2, 0.25) is 0 Å². The van der Waals surface area contributed by atoms with Crippen LogP contribution in [0.15, 0.2) is 0 Å². The lowest BCUT2D eigenvalue weighted by Gasteiger charge is -2.24. The molecule has 0 aromatic rings. The van der Waals surface area contributed by atoms with E-state index in [2.05, 4.69) is 30.4 Å². The van der Waals surface area contributed by atoms with E-state index in [1.54, 1.807) is 0 Å². The first-order chi connectivity index (χ1) is 9.26. The van der Waals surface area contributed by atoms with E-state index < -0.39 is 18.0 Å². The Bertz CT molecular complexity index is 351. The van der Waals surface area contributed by atoms with Crippen LogP contribution in [-0.2, 0) is 4.79 Å². The Morgan fingerprint density at radius 1 is 1.30 bits per heavy atom. The summed E-state index contributed by atoms with van der Waals surface area (Å²) in [5, 5.41) is 14.1. The van der Waals surface area contributed by atoms with E-state index in [1.807, 2.05) is 19.0 Å². The number of hydrogen-bond donors (Lipinski definition) is 3. The Kier molecular flexibility index (Phi) is 8.41. The van der Waals surface area contributed by atoms with E-state index >= 15 is 0 Å². The van der Waals surface area contributed by atoms with Gasteiger partial charge in [-0.3, -0.25) is 0 Å². The van der Waals surface area contributed by atoms with Crippen molar-refractivity contribution in [3.8, 4) is 12.3 Å². The number of nitrogens with one attached hydrogen (secondary N) is 2. The predicted molar refractivity (Wildman–Crippen MR) is 78.3 cm³/mol. The van der Waals surface area contributed by atoms with Crippen molar-refractivity contribution in [2.45, 2.75) is 38.8 Å². The van der Waals surface area contributed by atoms with E-state index in [9.17, 15) is 9.59 Å². The summed E-state index contributed by atoms with van der Waals surface area (Å²) in [6.07, 6.45) is 5.87. The number of amides is 2. The van der Waals surface area contributed by atoms with Crippen LogP contribution in [0, 0.1) is 18.3 Å². The molecule has 0 saturated carbocycles. The molecule has 0 heterocycles. The largest absolute Gasteiger partial charge is 0.480 e. The van der Waals surface area contributed by atoms with Crippen molar-refractivity contribution >= 4 is 12.0 Å². The van der Waals surface area contributed by atoms with Crippen LogP contribution in [0.3, 0.4) is 0 Å². The number of carbonyl (C=O) groups excluding carboxylic acids is 1. The molecule has 0 spiro atoms. The molecule has 0 aliphatic heterocycles. The molecule has 2 amide bonds. The number of hydrogen-bond acceptors (Lipinski definition) is 3. The van der Waals surface area contributed by atoms with Crippen molar-refractivity contribution in [1.82, 2.24) is 15.5 Å². The molecule has 0 aliphatic carbocycles. The van der Waals surface area contributed by atoms with Gasteiger partial charge in [0.25, 0.3) is 0 Å². The molecule has 0 saturated heterocycles. The Labute approximate surface area is 120 Å². The molecule has 20 heavy (non-hydrogen) atoms. The number of terminal acetylenes is 1.